The second kappa shape index (κ2) is 11.0. The molecule has 2 saturated heterocycles. The zero-order valence-electron chi connectivity index (χ0n) is 23.0. The third-order valence-corrected chi connectivity index (χ3v) is 8.90. The molecule has 10 heteroatoms. The van der Waals surface area contributed by atoms with Crippen molar-refractivity contribution in [3.05, 3.63) is 53.2 Å². The molecule has 40 heavy (non-hydrogen) atoms. The molecule has 9 nitrogen and oxygen atoms in total. The lowest BCUT2D eigenvalue weighted by molar-refractivity contribution is 0.100. The Morgan fingerprint density at radius 3 is 2.77 bits per heavy atom. The first-order valence-electron chi connectivity index (χ1n) is 13.8. The molecule has 1 amide bonds. The first-order valence-corrected chi connectivity index (χ1v) is 14.6. The number of methoxy groups -OCH3 is 1. The highest BCUT2D eigenvalue weighted by Crippen LogP contribution is 2.43. The van der Waals surface area contributed by atoms with Crippen LogP contribution >= 0.6 is 11.3 Å². The Morgan fingerprint density at radius 2 is 2.00 bits per heavy atom. The molecule has 2 aliphatic heterocycles. The summed E-state index contributed by atoms with van der Waals surface area (Å²) in [5, 5.41) is 3.38. The number of rotatable bonds is 8. The summed E-state index contributed by atoms with van der Waals surface area (Å²) in [5.41, 5.74) is 9.73. The third kappa shape index (κ3) is 4.97. The minimum Gasteiger partial charge on any atom is -0.489 e. The first kappa shape index (κ1) is 26.5. The minimum absolute atomic E-state index is 0.00757. The van der Waals surface area contributed by atoms with Gasteiger partial charge in [0.05, 0.1) is 35.3 Å². The maximum Gasteiger partial charge on any atom is 0.259 e. The van der Waals surface area contributed by atoms with Gasteiger partial charge in [-0.3, -0.25) is 9.69 Å². The molecule has 5 heterocycles. The maximum atomic E-state index is 12.4. The van der Waals surface area contributed by atoms with Gasteiger partial charge in [-0.1, -0.05) is 6.07 Å². The average Bonchev–Trinajstić information content (AvgIpc) is 3.58. The number of fused-ring (bicyclic) bond motifs is 2. The Labute approximate surface area is 237 Å². The SMILES string of the molecule is COc1ncccc1-c1c(C(N)=O)sc2cnc(Nc3ccc([C@H]4CCCN5CCC[C@@H]45)cc3OC(C)C)nc12. The van der Waals surface area contributed by atoms with Gasteiger partial charge in [-0.05, 0) is 88.4 Å². The van der Waals surface area contributed by atoms with E-state index in [4.69, 9.17) is 20.2 Å². The number of hydrogen-bond donors (Lipinski definition) is 2. The summed E-state index contributed by atoms with van der Waals surface area (Å²) < 4.78 is 12.5. The average molecular weight is 559 g/mol. The van der Waals surface area contributed by atoms with E-state index in [1.807, 2.05) is 19.9 Å². The normalized spacial score (nSPS) is 19.1. The smallest absolute Gasteiger partial charge is 0.259 e. The zero-order chi connectivity index (χ0) is 27.8. The molecule has 208 valence electrons. The molecule has 0 bridgehead atoms. The Bertz CT molecular complexity index is 1550. The highest BCUT2D eigenvalue weighted by molar-refractivity contribution is 7.21. The Morgan fingerprint density at radius 1 is 1.18 bits per heavy atom. The Hall–Kier alpha value is -3.76. The van der Waals surface area contributed by atoms with E-state index in [1.165, 1.54) is 55.7 Å². The summed E-state index contributed by atoms with van der Waals surface area (Å²) in [4.78, 5) is 29.1. The maximum absolute atomic E-state index is 12.4. The van der Waals surface area contributed by atoms with Gasteiger partial charge in [-0.2, -0.15) is 0 Å². The number of pyridine rings is 1. The van der Waals surface area contributed by atoms with Crippen LogP contribution in [0.4, 0.5) is 11.6 Å². The molecule has 0 unspecified atom stereocenters. The summed E-state index contributed by atoms with van der Waals surface area (Å²) in [6.45, 7) is 6.48. The van der Waals surface area contributed by atoms with Crippen molar-refractivity contribution in [3.63, 3.8) is 0 Å². The highest BCUT2D eigenvalue weighted by Gasteiger charge is 2.35. The Balaban J connectivity index is 1.38. The number of anilines is 2. The number of nitrogens with zero attached hydrogens (tertiary/aromatic N) is 4. The largest absolute Gasteiger partial charge is 0.489 e. The summed E-state index contributed by atoms with van der Waals surface area (Å²) in [7, 11) is 1.55. The number of hydrogen-bond acceptors (Lipinski definition) is 9. The van der Waals surface area contributed by atoms with Crippen molar-refractivity contribution in [2.75, 3.05) is 25.5 Å². The molecule has 4 aromatic rings. The number of piperidine rings is 1. The van der Waals surface area contributed by atoms with Crippen molar-refractivity contribution in [2.45, 2.75) is 57.6 Å². The standard InChI is InChI=1S/C30H34N6O3S/c1-17(2)39-23-15-18(19-8-5-13-36-14-6-9-22(19)36)10-11-21(23)34-30-33-16-24-26(35-30)25(27(40-24)28(31)37)20-7-4-12-32-29(20)38-3/h4,7,10-12,15-17,19,22H,5-6,8-9,13-14H2,1-3H3,(H2,31,37)(H,33,34,35)/t19-,22+/m1/s1. The van der Waals surface area contributed by atoms with E-state index in [9.17, 15) is 4.79 Å². The van der Waals surface area contributed by atoms with Gasteiger partial charge in [0.25, 0.3) is 5.91 Å². The summed E-state index contributed by atoms with van der Waals surface area (Å²) >= 11 is 1.26. The van der Waals surface area contributed by atoms with Crippen LogP contribution in [0.15, 0.2) is 42.7 Å². The van der Waals surface area contributed by atoms with Gasteiger partial charge in [0.2, 0.25) is 11.8 Å². The van der Waals surface area contributed by atoms with Crippen molar-refractivity contribution < 1.29 is 14.3 Å². The van der Waals surface area contributed by atoms with E-state index in [2.05, 4.69) is 38.4 Å². The fraction of sp³-hybridized carbons (Fsp3) is 0.400. The van der Waals surface area contributed by atoms with E-state index in [0.717, 1.165) is 16.1 Å². The number of thiophene rings is 1. The van der Waals surface area contributed by atoms with Gasteiger partial charge >= 0.3 is 0 Å². The van der Waals surface area contributed by atoms with Crippen LogP contribution in [0, 0.1) is 0 Å². The molecular weight excluding hydrogens is 524 g/mol. The predicted octanol–water partition coefficient (Wildman–Crippen LogP) is 5.73. The van der Waals surface area contributed by atoms with Crippen LogP contribution in [-0.4, -0.2) is 58.1 Å². The first-order chi connectivity index (χ1) is 19.4. The fourth-order valence-electron chi connectivity index (χ4n) is 6.15. The van der Waals surface area contributed by atoms with Gasteiger partial charge in [0, 0.05) is 23.4 Å². The van der Waals surface area contributed by atoms with Gasteiger partial charge < -0.3 is 20.5 Å². The Kier molecular flexibility index (Phi) is 7.29. The number of carbonyl (C=O) groups excluding carboxylic acids is 1. The van der Waals surface area contributed by atoms with E-state index in [1.54, 1.807) is 25.6 Å². The number of ether oxygens (including phenoxy) is 2. The number of benzene rings is 1. The zero-order valence-corrected chi connectivity index (χ0v) is 23.8. The summed E-state index contributed by atoms with van der Waals surface area (Å²) in [6.07, 6.45) is 8.33. The van der Waals surface area contributed by atoms with Crippen LogP contribution in [0.1, 0.15) is 60.7 Å². The number of primary amides is 1. The molecule has 1 aromatic carbocycles. The lowest BCUT2D eigenvalue weighted by Crippen LogP contribution is -2.39. The lowest BCUT2D eigenvalue weighted by atomic mass is 9.83. The van der Waals surface area contributed by atoms with Crippen molar-refractivity contribution >= 4 is 39.1 Å². The summed E-state index contributed by atoms with van der Waals surface area (Å²) in [6, 6.07) is 10.7. The predicted molar refractivity (Wildman–Crippen MR) is 158 cm³/mol. The van der Waals surface area contributed by atoms with Crippen LogP contribution < -0.4 is 20.5 Å². The van der Waals surface area contributed by atoms with E-state index < -0.39 is 5.91 Å². The minimum atomic E-state index is -0.537. The van der Waals surface area contributed by atoms with Crippen molar-refractivity contribution in [3.8, 4) is 22.8 Å². The molecule has 3 N–H and O–H groups in total. The number of nitrogens with two attached hydrogens (primary N) is 1. The number of carbonyl (C=O) groups is 1. The molecule has 2 fully saturated rings. The van der Waals surface area contributed by atoms with Crippen LogP contribution in [0.5, 0.6) is 11.6 Å². The molecule has 3 aromatic heterocycles. The number of nitrogens with one attached hydrogen (secondary N) is 1. The van der Waals surface area contributed by atoms with Crippen LogP contribution in [0.25, 0.3) is 21.3 Å². The van der Waals surface area contributed by atoms with E-state index >= 15 is 0 Å². The molecule has 2 atom stereocenters. The van der Waals surface area contributed by atoms with E-state index in [-0.39, 0.29) is 6.10 Å². The van der Waals surface area contributed by atoms with Gasteiger partial charge in [-0.15, -0.1) is 11.3 Å². The van der Waals surface area contributed by atoms with Crippen LogP contribution in [0.3, 0.4) is 0 Å². The van der Waals surface area contributed by atoms with Gasteiger partial charge in [0.1, 0.15) is 10.6 Å². The van der Waals surface area contributed by atoms with E-state index in [0.29, 0.717) is 45.3 Å². The molecular formula is C30H34N6O3S. The van der Waals surface area contributed by atoms with Gasteiger partial charge in [0.15, 0.2) is 0 Å². The number of amides is 1. The molecule has 0 aliphatic carbocycles. The third-order valence-electron chi connectivity index (χ3n) is 7.77. The molecule has 6 rings (SSSR count). The molecule has 2 aliphatic rings. The highest BCUT2D eigenvalue weighted by atomic mass is 32.1. The fourth-order valence-corrected chi connectivity index (χ4v) is 7.12. The quantitative estimate of drug-likeness (QED) is 0.282. The summed E-state index contributed by atoms with van der Waals surface area (Å²) in [5.74, 6) is 1.55. The van der Waals surface area contributed by atoms with Crippen LogP contribution in [-0.2, 0) is 0 Å². The molecule has 0 spiro atoms. The monoisotopic (exact) mass is 558 g/mol. The molecule has 0 saturated carbocycles. The van der Waals surface area contributed by atoms with Gasteiger partial charge in [-0.25, -0.2) is 15.0 Å². The topological polar surface area (TPSA) is 115 Å². The molecule has 0 radical (unpaired) electrons. The van der Waals surface area contributed by atoms with Crippen molar-refractivity contribution in [2.24, 2.45) is 5.73 Å². The van der Waals surface area contributed by atoms with Crippen molar-refractivity contribution in [1.82, 2.24) is 19.9 Å². The second-order valence-corrected chi connectivity index (χ2v) is 11.7. The lowest BCUT2D eigenvalue weighted by Gasteiger charge is -2.37. The number of aromatic nitrogens is 3. The second-order valence-electron chi connectivity index (χ2n) is 10.7. The van der Waals surface area contributed by atoms with Crippen molar-refractivity contribution in [1.29, 1.82) is 0 Å². The van der Waals surface area contributed by atoms with Crippen LogP contribution in [0.2, 0.25) is 0 Å².